The Kier molecular flexibility index (Phi) is 11.3. The standard InChI is InChI=1S/C24H31N7O6/c1-27-10-3-11-37-18-8-6-16(7-9-18)29-23(36)19(13-21(33)34)31-20(32)14-28-22(35)15-4-2-5-17(12-15)30-24(25)26/h2,4-9,12,19,27H,3,10-11,13-14H2,1H3,(H,28,35)(H,29,36)(H,31,32)(H,33,34)(H4,25,26,30). The molecule has 0 fully saturated rings. The SMILES string of the molecule is CNCCCOc1ccc(NC(=O)C(CC(=O)O)NC(=O)CNC(=O)c2cccc(N=C(N)N)c2)cc1. The maximum Gasteiger partial charge on any atom is 0.305 e. The number of ether oxygens (including phenoxy) is 1. The van der Waals surface area contributed by atoms with Crippen LogP contribution in [-0.2, 0) is 14.4 Å². The number of carbonyl (C=O) groups is 4. The number of anilines is 1. The number of aliphatic imine (C=N–C) groups is 1. The predicted molar refractivity (Wildman–Crippen MR) is 138 cm³/mol. The van der Waals surface area contributed by atoms with Gasteiger partial charge in [-0.25, -0.2) is 4.99 Å². The van der Waals surface area contributed by atoms with E-state index >= 15 is 0 Å². The predicted octanol–water partition coefficient (Wildman–Crippen LogP) is -0.0922. The van der Waals surface area contributed by atoms with E-state index in [2.05, 4.69) is 26.3 Å². The highest BCUT2D eigenvalue weighted by Gasteiger charge is 2.24. The number of benzene rings is 2. The normalized spacial score (nSPS) is 11.1. The summed E-state index contributed by atoms with van der Waals surface area (Å²) in [5, 5.41) is 19.5. The summed E-state index contributed by atoms with van der Waals surface area (Å²) < 4.78 is 5.58. The average molecular weight is 514 g/mol. The van der Waals surface area contributed by atoms with E-state index in [9.17, 15) is 24.3 Å². The zero-order chi connectivity index (χ0) is 27.2. The van der Waals surface area contributed by atoms with Crippen molar-refractivity contribution in [2.24, 2.45) is 16.5 Å². The van der Waals surface area contributed by atoms with E-state index in [1.54, 1.807) is 36.4 Å². The summed E-state index contributed by atoms with van der Waals surface area (Å²) in [6, 6.07) is 11.2. The molecular formula is C24H31N7O6. The Hall–Kier alpha value is -4.65. The van der Waals surface area contributed by atoms with Gasteiger partial charge in [0.1, 0.15) is 11.8 Å². The van der Waals surface area contributed by atoms with Gasteiger partial charge in [0, 0.05) is 11.3 Å². The fourth-order valence-corrected chi connectivity index (χ4v) is 3.06. The number of carboxylic acid groups (broad SMARTS) is 1. The molecular weight excluding hydrogens is 482 g/mol. The van der Waals surface area contributed by atoms with Crippen LogP contribution >= 0.6 is 0 Å². The first kappa shape index (κ1) is 28.6. The summed E-state index contributed by atoms with van der Waals surface area (Å²) >= 11 is 0. The Morgan fingerprint density at radius 2 is 1.81 bits per heavy atom. The van der Waals surface area contributed by atoms with Gasteiger partial charge in [-0.2, -0.15) is 0 Å². The van der Waals surface area contributed by atoms with Gasteiger partial charge in [-0.1, -0.05) is 6.07 Å². The summed E-state index contributed by atoms with van der Waals surface area (Å²) in [6.07, 6.45) is 0.176. The van der Waals surface area contributed by atoms with E-state index in [1.165, 1.54) is 12.1 Å². The molecule has 198 valence electrons. The molecule has 0 aliphatic rings. The summed E-state index contributed by atoms with van der Waals surface area (Å²) in [5.74, 6) is -2.91. The molecule has 1 atom stereocenters. The van der Waals surface area contributed by atoms with Gasteiger partial charge in [0.05, 0.1) is 25.3 Å². The van der Waals surface area contributed by atoms with E-state index in [0.717, 1.165) is 13.0 Å². The van der Waals surface area contributed by atoms with Gasteiger partial charge in [-0.15, -0.1) is 0 Å². The van der Waals surface area contributed by atoms with E-state index in [0.29, 0.717) is 23.7 Å². The Balaban J connectivity index is 1.92. The number of rotatable bonds is 14. The Morgan fingerprint density at radius 1 is 1.08 bits per heavy atom. The van der Waals surface area contributed by atoms with Gasteiger partial charge in [0.25, 0.3) is 5.91 Å². The van der Waals surface area contributed by atoms with Crippen molar-refractivity contribution in [1.29, 1.82) is 0 Å². The van der Waals surface area contributed by atoms with Gasteiger partial charge in [-0.05, 0) is 62.5 Å². The van der Waals surface area contributed by atoms with Gasteiger partial charge in [-0.3, -0.25) is 19.2 Å². The number of amides is 3. The average Bonchev–Trinajstić information content (AvgIpc) is 2.85. The van der Waals surface area contributed by atoms with Gasteiger partial charge in [0.15, 0.2) is 5.96 Å². The van der Waals surface area contributed by atoms with Crippen LogP contribution in [0.5, 0.6) is 5.75 Å². The van der Waals surface area contributed by atoms with Crippen molar-refractivity contribution in [3.8, 4) is 5.75 Å². The minimum Gasteiger partial charge on any atom is -0.494 e. The van der Waals surface area contributed by atoms with E-state index in [4.69, 9.17) is 16.2 Å². The Labute approximate surface area is 213 Å². The molecule has 0 saturated heterocycles. The van der Waals surface area contributed by atoms with Crippen molar-refractivity contribution in [1.82, 2.24) is 16.0 Å². The fourth-order valence-electron chi connectivity index (χ4n) is 3.06. The number of carbonyl (C=O) groups excluding carboxylic acids is 3. The van der Waals surface area contributed by atoms with Crippen molar-refractivity contribution in [2.75, 3.05) is 32.1 Å². The molecule has 0 aromatic heterocycles. The minimum absolute atomic E-state index is 0.177. The fraction of sp³-hybridized carbons (Fsp3) is 0.292. The number of guanidine groups is 1. The quantitative estimate of drug-likeness (QED) is 0.102. The molecule has 3 amide bonds. The van der Waals surface area contributed by atoms with Gasteiger partial charge < -0.3 is 42.6 Å². The van der Waals surface area contributed by atoms with Crippen molar-refractivity contribution in [3.63, 3.8) is 0 Å². The lowest BCUT2D eigenvalue weighted by atomic mass is 10.1. The second kappa shape index (κ2) is 14.7. The number of nitrogens with one attached hydrogen (secondary N) is 4. The van der Waals surface area contributed by atoms with Crippen LogP contribution < -0.4 is 37.5 Å². The van der Waals surface area contributed by atoms with Crippen molar-refractivity contribution in [2.45, 2.75) is 18.9 Å². The maximum absolute atomic E-state index is 12.7. The molecule has 0 bridgehead atoms. The molecule has 0 radical (unpaired) electrons. The summed E-state index contributed by atoms with van der Waals surface area (Å²) in [5.41, 5.74) is 11.6. The third-order valence-corrected chi connectivity index (χ3v) is 4.77. The number of nitrogens with two attached hydrogens (primary N) is 2. The van der Waals surface area contributed by atoms with Crippen LogP contribution in [0, 0.1) is 0 Å². The first-order chi connectivity index (χ1) is 17.7. The van der Waals surface area contributed by atoms with Crippen LogP contribution in [0.2, 0.25) is 0 Å². The molecule has 37 heavy (non-hydrogen) atoms. The molecule has 2 aromatic carbocycles. The molecule has 0 aliphatic carbocycles. The second-order valence-electron chi connectivity index (χ2n) is 7.81. The van der Waals surface area contributed by atoms with Crippen LogP contribution in [0.3, 0.4) is 0 Å². The van der Waals surface area contributed by atoms with Crippen LogP contribution in [0.4, 0.5) is 11.4 Å². The Bertz CT molecular complexity index is 1120. The monoisotopic (exact) mass is 513 g/mol. The third kappa shape index (κ3) is 10.7. The van der Waals surface area contributed by atoms with Crippen molar-refractivity contribution in [3.05, 3.63) is 54.1 Å². The lowest BCUT2D eigenvalue weighted by molar-refractivity contribution is -0.139. The molecule has 9 N–H and O–H groups in total. The van der Waals surface area contributed by atoms with E-state index in [1.807, 2.05) is 7.05 Å². The number of nitrogens with zero attached hydrogens (tertiary/aromatic N) is 1. The zero-order valence-corrected chi connectivity index (χ0v) is 20.3. The Morgan fingerprint density at radius 3 is 2.46 bits per heavy atom. The molecule has 13 nitrogen and oxygen atoms in total. The lowest BCUT2D eigenvalue weighted by Crippen LogP contribution is -2.48. The van der Waals surface area contributed by atoms with Crippen molar-refractivity contribution >= 4 is 41.0 Å². The van der Waals surface area contributed by atoms with Gasteiger partial charge >= 0.3 is 5.97 Å². The zero-order valence-electron chi connectivity index (χ0n) is 20.3. The molecule has 0 saturated carbocycles. The highest BCUT2D eigenvalue weighted by molar-refractivity contribution is 6.00. The lowest BCUT2D eigenvalue weighted by Gasteiger charge is -2.17. The summed E-state index contributed by atoms with van der Waals surface area (Å²) in [7, 11) is 1.85. The number of aliphatic carboxylic acids is 1. The number of hydrogen-bond donors (Lipinski definition) is 7. The maximum atomic E-state index is 12.7. The largest absolute Gasteiger partial charge is 0.494 e. The topological polar surface area (TPSA) is 210 Å². The van der Waals surface area contributed by atoms with Gasteiger partial charge in [0.2, 0.25) is 11.8 Å². The van der Waals surface area contributed by atoms with Crippen LogP contribution in [0.15, 0.2) is 53.5 Å². The highest BCUT2D eigenvalue weighted by Crippen LogP contribution is 2.16. The molecule has 13 heteroatoms. The third-order valence-electron chi connectivity index (χ3n) is 4.77. The van der Waals surface area contributed by atoms with Crippen molar-refractivity contribution < 1.29 is 29.0 Å². The van der Waals surface area contributed by atoms with Crippen LogP contribution in [0.1, 0.15) is 23.2 Å². The minimum atomic E-state index is -1.37. The molecule has 0 aliphatic heterocycles. The molecule has 0 heterocycles. The molecule has 2 aromatic rings. The molecule has 2 rings (SSSR count). The molecule has 0 spiro atoms. The second-order valence-corrected chi connectivity index (χ2v) is 7.81. The van der Waals surface area contributed by atoms with Crippen LogP contribution in [0.25, 0.3) is 0 Å². The molecule has 1 unspecified atom stereocenters. The van der Waals surface area contributed by atoms with E-state index in [-0.39, 0.29) is 11.5 Å². The first-order valence-electron chi connectivity index (χ1n) is 11.4. The van der Waals surface area contributed by atoms with E-state index < -0.39 is 42.7 Å². The summed E-state index contributed by atoms with van der Waals surface area (Å²) in [6.45, 7) is 0.854. The van der Waals surface area contributed by atoms with Crippen LogP contribution in [-0.4, -0.2) is 67.5 Å². The number of hydrogen-bond acceptors (Lipinski definition) is 7. The first-order valence-corrected chi connectivity index (χ1v) is 11.4. The number of carboxylic acids is 1. The smallest absolute Gasteiger partial charge is 0.305 e. The summed E-state index contributed by atoms with van der Waals surface area (Å²) in [4.78, 5) is 52.5. The highest BCUT2D eigenvalue weighted by atomic mass is 16.5.